The molecule has 0 fully saturated rings. The van der Waals surface area contributed by atoms with Crippen LogP contribution in [-0.2, 0) is 33.9 Å². The SMILES string of the molecule is CCCCc1nc(Cl)c(COC(=O)[C@H](CCCC(=O)O)N(CN)CN(C)C)n1Cc1ccc(-c2ccccc2-c2nn[nH]n2)cc1. The number of aryl methyl sites for hydroxylation is 1. The minimum Gasteiger partial charge on any atom is -0.481 e. The Morgan fingerprint density at radius 3 is 2.48 bits per heavy atom. The van der Waals surface area contributed by atoms with Crippen LogP contribution in [0.15, 0.2) is 48.5 Å². The van der Waals surface area contributed by atoms with E-state index in [0.717, 1.165) is 47.3 Å². The molecule has 0 amide bonds. The van der Waals surface area contributed by atoms with Gasteiger partial charge in [-0.15, -0.1) is 10.2 Å². The van der Waals surface area contributed by atoms with Crippen molar-refractivity contribution < 1.29 is 19.4 Å². The Bertz CT molecular complexity index is 1560. The van der Waals surface area contributed by atoms with E-state index >= 15 is 0 Å². The molecular formula is C32H42ClN9O4. The third-order valence-corrected chi connectivity index (χ3v) is 7.91. The second-order valence-corrected chi connectivity index (χ2v) is 11.7. The lowest BCUT2D eigenvalue weighted by Crippen LogP contribution is -2.49. The Balaban J connectivity index is 1.55. The molecule has 0 radical (unpaired) electrons. The summed E-state index contributed by atoms with van der Waals surface area (Å²) < 4.78 is 7.87. The standard InChI is InChI=1S/C32H42ClN9O4/c1-4-5-12-28-35-30(33)27(19-46-32(45)26(11-8-13-29(43)44)41(20-34)21-40(2)3)42(28)18-22-14-16-23(17-15-22)24-9-6-7-10-25(24)31-36-38-39-37-31/h6-7,9-10,14-17,26H,4-5,8,11-13,18-21,34H2,1-3H3,(H,43,44)(H,36,37,38,39)/t26-/m0/s1. The number of tetrazole rings is 1. The molecule has 2 aromatic heterocycles. The number of aromatic amines is 1. The van der Waals surface area contributed by atoms with Gasteiger partial charge in [0.15, 0.2) is 5.15 Å². The fourth-order valence-corrected chi connectivity index (χ4v) is 5.57. The van der Waals surface area contributed by atoms with Crippen LogP contribution in [0.3, 0.4) is 0 Å². The predicted octanol–water partition coefficient (Wildman–Crippen LogP) is 4.18. The lowest BCUT2D eigenvalue weighted by molar-refractivity contribution is -0.153. The molecule has 0 saturated heterocycles. The van der Waals surface area contributed by atoms with Gasteiger partial charge in [-0.25, -0.2) is 4.98 Å². The molecule has 2 aromatic carbocycles. The molecule has 2 heterocycles. The zero-order valence-electron chi connectivity index (χ0n) is 26.5. The second kappa shape index (κ2) is 16.9. The maximum Gasteiger partial charge on any atom is 0.323 e. The number of H-pyrrole nitrogens is 1. The van der Waals surface area contributed by atoms with E-state index < -0.39 is 18.0 Å². The number of carboxylic acid groups (broad SMARTS) is 1. The number of aliphatic carboxylic acids is 1. The second-order valence-electron chi connectivity index (χ2n) is 11.3. The molecule has 0 aliphatic heterocycles. The van der Waals surface area contributed by atoms with E-state index in [-0.39, 0.29) is 24.8 Å². The Labute approximate surface area is 273 Å². The molecule has 13 nitrogen and oxygen atoms in total. The molecule has 46 heavy (non-hydrogen) atoms. The van der Waals surface area contributed by atoms with Gasteiger partial charge in [0.2, 0.25) is 5.82 Å². The number of carboxylic acids is 1. The van der Waals surface area contributed by atoms with E-state index in [9.17, 15) is 9.59 Å². The molecule has 0 aliphatic carbocycles. The fourth-order valence-electron chi connectivity index (χ4n) is 5.31. The summed E-state index contributed by atoms with van der Waals surface area (Å²) >= 11 is 6.66. The maximum atomic E-state index is 13.4. The summed E-state index contributed by atoms with van der Waals surface area (Å²) in [6, 6.07) is 15.4. The first-order valence-electron chi connectivity index (χ1n) is 15.3. The van der Waals surface area contributed by atoms with Crippen molar-refractivity contribution in [2.45, 2.75) is 64.6 Å². The number of hydrogen-bond acceptors (Lipinski definition) is 10. The molecule has 4 aromatic rings. The number of rotatable bonds is 18. The highest BCUT2D eigenvalue weighted by molar-refractivity contribution is 6.30. The first-order valence-corrected chi connectivity index (χ1v) is 15.7. The quantitative estimate of drug-likeness (QED) is 0.104. The summed E-state index contributed by atoms with van der Waals surface area (Å²) in [5, 5.41) is 23.9. The number of unbranched alkanes of at least 4 members (excludes halogenated alkanes) is 1. The van der Waals surface area contributed by atoms with Gasteiger partial charge in [-0.1, -0.05) is 73.5 Å². The third kappa shape index (κ3) is 9.19. The van der Waals surface area contributed by atoms with E-state index in [1.807, 2.05) is 60.0 Å². The van der Waals surface area contributed by atoms with E-state index in [2.05, 4.69) is 44.7 Å². The summed E-state index contributed by atoms with van der Waals surface area (Å²) in [7, 11) is 3.75. The number of imidazole rings is 1. The summed E-state index contributed by atoms with van der Waals surface area (Å²) in [6.45, 7) is 3.04. The number of aromatic nitrogens is 6. The highest BCUT2D eigenvalue weighted by Crippen LogP contribution is 2.30. The molecule has 0 spiro atoms. The normalized spacial score (nSPS) is 12.2. The fraction of sp³-hybridized carbons (Fsp3) is 0.438. The van der Waals surface area contributed by atoms with Crippen molar-refractivity contribution in [1.29, 1.82) is 0 Å². The van der Waals surface area contributed by atoms with E-state index in [4.69, 9.17) is 27.2 Å². The van der Waals surface area contributed by atoms with E-state index in [0.29, 0.717) is 37.6 Å². The van der Waals surface area contributed by atoms with Gasteiger partial charge < -0.3 is 20.1 Å². The van der Waals surface area contributed by atoms with Gasteiger partial charge in [0, 0.05) is 31.6 Å². The number of ether oxygens (including phenoxy) is 1. The van der Waals surface area contributed by atoms with Gasteiger partial charge in [0.25, 0.3) is 0 Å². The average molecular weight is 652 g/mol. The van der Waals surface area contributed by atoms with Crippen LogP contribution in [0.25, 0.3) is 22.5 Å². The number of benzene rings is 2. The summed E-state index contributed by atoms with van der Waals surface area (Å²) in [6.07, 6.45) is 3.21. The van der Waals surface area contributed by atoms with E-state index in [1.54, 1.807) is 4.90 Å². The molecule has 4 N–H and O–H groups in total. The van der Waals surface area contributed by atoms with Crippen LogP contribution in [0.4, 0.5) is 0 Å². The predicted molar refractivity (Wildman–Crippen MR) is 175 cm³/mol. The lowest BCUT2D eigenvalue weighted by Gasteiger charge is -2.31. The maximum absolute atomic E-state index is 13.4. The Hall–Kier alpha value is -4.17. The molecule has 1 atom stereocenters. The monoisotopic (exact) mass is 651 g/mol. The van der Waals surface area contributed by atoms with Gasteiger partial charge >= 0.3 is 11.9 Å². The number of nitrogens with two attached hydrogens (primary N) is 1. The number of nitrogens with zero attached hydrogens (tertiary/aromatic N) is 7. The van der Waals surface area contributed by atoms with Crippen LogP contribution < -0.4 is 5.73 Å². The first-order chi connectivity index (χ1) is 22.2. The number of carbonyl (C=O) groups excluding carboxylic acids is 1. The zero-order valence-corrected chi connectivity index (χ0v) is 27.3. The lowest BCUT2D eigenvalue weighted by atomic mass is 9.98. The van der Waals surface area contributed by atoms with Gasteiger partial charge in [0.1, 0.15) is 18.5 Å². The highest BCUT2D eigenvalue weighted by atomic mass is 35.5. The molecular weight excluding hydrogens is 610 g/mol. The van der Waals surface area contributed by atoms with Crippen LogP contribution >= 0.6 is 11.6 Å². The van der Waals surface area contributed by atoms with Crippen LogP contribution in [-0.4, -0.2) is 90.5 Å². The van der Waals surface area contributed by atoms with Crippen LogP contribution in [0.5, 0.6) is 0 Å². The molecule has 0 saturated carbocycles. The van der Waals surface area contributed by atoms with Crippen molar-refractivity contribution in [3.8, 4) is 22.5 Å². The number of hydrogen-bond donors (Lipinski definition) is 3. The Kier molecular flexibility index (Phi) is 12.8. The van der Waals surface area contributed by atoms with Gasteiger partial charge in [-0.05, 0) is 55.3 Å². The smallest absolute Gasteiger partial charge is 0.323 e. The first kappa shape index (κ1) is 34.7. The molecule has 0 unspecified atom stereocenters. The molecule has 4 rings (SSSR count). The molecule has 246 valence electrons. The van der Waals surface area contributed by atoms with Gasteiger partial charge in [-0.2, -0.15) is 5.21 Å². The highest BCUT2D eigenvalue weighted by Gasteiger charge is 2.28. The third-order valence-electron chi connectivity index (χ3n) is 7.61. The molecule has 14 heteroatoms. The van der Waals surface area contributed by atoms with Crippen molar-refractivity contribution in [1.82, 2.24) is 40.0 Å². The van der Waals surface area contributed by atoms with Crippen LogP contribution in [0.2, 0.25) is 5.15 Å². The Morgan fingerprint density at radius 2 is 1.85 bits per heavy atom. The summed E-state index contributed by atoms with van der Waals surface area (Å²) in [5.41, 5.74) is 10.5. The summed E-state index contributed by atoms with van der Waals surface area (Å²) in [4.78, 5) is 32.9. The zero-order chi connectivity index (χ0) is 33.1. The van der Waals surface area contributed by atoms with Crippen LogP contribution in [0.1, 0.15) is 56.1 Å². The van der Waals surface area contributed by atoms with Crippen molar-refractivity contribution in [2.24, 2.45) is 5.73 Å². The van der Waals surface area contributed by atoms with E-state index in [1.165, 1.54) is 0 Å². The minimum absolute atomic E-state index is 0.0506. The van der Waals surface area contributed by atoms with Gasteiger partial charge in [0.05, 0.1) is 12.4 Å². The van der Waals surface area contributed by atoms with Crippen LogP contribution in [0, 0.1) is 0 Å². The van der Waals surface area contributed by atoms with Crippen molar-refractivity contribution in [3.63, 3.8) is 0 Å². The summed E-state index contributed by atoms with van der Waals surface area (Å²) in [5.74, 6) is -0.0636. The number of carbonyl (C=O) groups is 2. The average Bonchev–Trinajstić information content (AvgIpc) is 3.68. The minimum atomic E-state index is -0.918. The topological polar surface area (TPSA) is 168 Å². The van der Waals surface area contributed by atoms with Crippen molar-refractivity contribution >= 4 is 23.5 Å². The Morgan fingerprint density at radius 1 is 1.11 bits per heavy atom. The number of halogens is 1. The largest absolute Gasteiger partial charge is 0.481 e. The number of nitrogens with one attached hydrogen (secondary N) is 1. The molecule has 0 aliphatic rings. The van der Waals surface area contributed by atoms with Gasteiger partial charge in [-0.3, -0.25) is 19.4 Å². The van der Waals surface area contributed by atoms with Crippen molar-refractivity contribution in [3.05, 3.63) is 70.8 Å². The molecule has 0 bridgehead atoms. The number of esters is 1. The van der Waals surface area contributed by atoms with Crippen molar-refractivity contribution in [2.75, 3.05) is 27.4 Å².